The van der Waals surface area contributed by atoms with Gasteiger partial charge in [-0.05, 0) is 37.8 Å². The molecule has 1 unspecified atom stereocenters. The van der Waals surface area contributed by atoms with E-state index in [0.717, 1.165) is 25.8 Å². The van der Waals surface area contributed by atoms with E-state index in [1.807, 2.05) is 43.7 Å². The van der Waals surface area contributed by atoms with Crippen LogP contribution < -0.4 is 10.9 Å². The number of hydrogen-bond donors (Lipinski definition) is 2. The summed E-state index contributed by atoms with van der Waals surface area (Å²) in [6.45, 7) is 5.77. The Hall–Kier alpha value is -2.01. The van der Waals surface area contributed by atoms with Crippen LogP contribution in [-0.4, -0.2) is 26.1 Å². The van der Waals surface area contributed by atoms with Gasteiger partial charge in [-0.2, -0.15) is 0 Å². The molecule has 0 saturated heterocycles. The van der Waals surface area contributed by atoms with Crippen LogP contribution in [0.1, 0.15) is 23.2 Å². The van der Waals surface area contributed by atoms with Gasteiger partial charge in [-0.1, -0.05) is 6.07 Å². The first-order valence-electron chi connectivity index (χ1n) is 8.83. The van der Waals surface area contributed by atoms with Gasteiger partial charge in [0.1, 0.15) is 10.7 Å². The molecule has 150 valence electrons. The molecule has 0 radical (unpaired) electrons. The van der Waals surface area contributed by atoms with E-state index >= 15 is 0 Å². The molecule has 6 nitrogen and oxygen atoms in total. The van der Waals surface area contributed by atoms with Gasteiger partial charge in [0.25, 0.3) is 5.56 Å². The molecule has 0 aliphatic carbocycles. The average molecular weight is 463 g/mol. The van der Waals surface area contributed by atoms with Crippen molar-refractivity contribution < 1.29 is 4.79 Å². The molecule has 4 aromatic heterocycles. The fourth-order valence-electron chi connectivity index (χ4n) is 2.72. The molecule has 0 spiro atoms. The quantitative estimate of drug-likeness (QED) is 0.419. The second-order valence-electron chi connectivity index (χ2n) is 6.43. The Kier molecular flexibility index (Phi) is 5.86. The van der Waals surface area contributed by atoms with E-state index < -0.39 is 0 Å². The summed E-state index contributed by atoms with van der Waals surface area (Å²) in [6.07, 6.45) is 0. The molecule has 4 heterocycles. The minimum Gasteiger partial charge on any atom is -0.309 e. The predicted molar refractivity (Wildman–Crippen MR) is 125 cm³/mol. The summed E-state index contributed by atoms with van der Waals surface area (Å²) < 4.78 is 0. The summed E-state index contributed by atoms with van der Waals surface area (Å²) in [5.74, 6) is 0.921. The maximum absolute atomic E-state index is 12.5. The highest BCUT2D eigenvalue weighted by Crippen LogP contribution is 2.29. The molecule has 4 rings (SSSR count). The lowest BCUT2D eigenvalue weighted by Gasteiger charge is -2.10. The van der Waals surface area contributed by atoms with Crippen LogP contribution in [0.4, 0.5) is 5.13 Å². The molecule has 0 aromatic carbocycles. The summed E-state index contributed by atoms with van der Waals surface area (Å²) in [5.41, 5.74) is 1.74. The molecule has 1 atom stereocenters. The summed E-state index contributed by atoms with van der Waals surface area (Å²) in [7, 11) is 0. The summed E-state index contributed by atoms with van der Waals surface area (Å²) in [6, 6.07) is 3.98. The number of aryl methyl sites for hydroxylation is 2. The minimum atomic E-state index is -0.308. The van der Waals surface area contributed by atoms with Crippen molar-refractivity contribution in [1.82, 2.24) is 15.0 Å². The standard InChI is InChI=1S/C19H18N4O2S4/c1-9-10(2)29-18-15(9)17(25)21-14(22-18)8-27-11(3)16(24)23-19-20-12(7-28-19)13-5-4-6-26-13/h4-7,11H,8H2,1-3H3,(H,20,23,24)(H,21,22,25). The van der Waals surface area contributed by atoms with E-state index in [1.54, 1.807) is 11.3 Å². The molecule has 0 aliphatic rings. The molecule has 1 amide bonds. The number of nitrogens with one attached hydrogen (secondary N) is 2. The maximum atomic E-state index is 12.5. The van der Waals surface area contributed by atoms with Gasteiger partial charge in [0.2, 0.25) is 5.91 Å². The summed E-state index contributed by atoms with van der Waals surface area (Å²) >= 11 is 5.98. The lowest BCUT2D eigenvalue weighted by Crippen LogP contribution is -2.23. The molecule has 0 bridgehead atoms. The first kappa shape index (κ1) is 20.3. The molecule has 0 aliphatic heterocycles. The summed E-state index contributed by atoms with van der Waals surface area (Å²) in [5, 5.41) is 7.76. The maximum Gasteiger partial charge on any atom is 0.259 e. The number of thioether (sulfide) groups is 1. The third-order valence-electron chi connectivity index (χ3n) is 4.44. The van der Waals surface area contributed by atoms with Crippen molar-refractivity contribution >= 4 is 67.0 Å². The Morgan fingerprint density at radius 1 is 1.31 bits per heavy atom. The Morgan fingerprint density at radius 2 is 2.14 bits per heavy atom. The Morgan fingerprint density at radius 3 is 2.90 bits per heavy atom. The van der Waals surface area contributed by atoms with Crippen LogP contribution in [0, 0.1) is 13.8 Å². The molecular weight excluding hydrogens is 445 g/mol. The number of thiophene rings is 2. The van der Waals surface area contributed by atoms with Gasteiger partial charge < -0.3 is 10.3 Å². The van der Waals surface area contributed by atoms with E-state index in [4.69, 9.17) is 0 Å². The van der Waals surface area contributed by atoms with Crippen molar-refractivity contribution in [1.29, 1.82) is 0 Å². The smallest absolute Gasteiger partial charge is 0.259 e. The van der Waals surface area contributed by atoms with Crippen LogP contribution in [0.3, 0.4) is 0 Å². The number of carbonyl (C=O) groups is 1. The van der Waals surface area contributed by atoms with Gasteiger partial charge in [0.15, 0.2) is 5.13 Å². The van der Waals surface area contributed by atoms with Crippen molar-refractivity contribution in [2.45, 2.75) is 31.8 Å². The number of nitrogens with zero attached hydrogens (tertiary/aromatic N) is 2. The van der Waals surface area contributed by atoms with Gasteiger partial charge in [0, 0.05) is 10.3 Å². The van der Waals surface area contributed by atoms with Gasteiger partial charge in [-0.3, -0.25) is 9.59 Å². The average Bonchev–Trinajstić information content (AvgIpc) is 3.41. The van der Waals surface area contributed by atoms with Crippen LogP contribution in [-0.2, 0) is 10.5 Å². The molecule has 2 N–H and O–H groups in total. The van der Waals surface area contributed by atoms with Gasteiger partial charge >= 0.3 is 0 Å². The third kappa shape index (κ3) is 4.30. The molecule has 10 heteroatoms. The third-order valence-corrected chi connectivity index (χ3v) is 8.34. The number of anilines is 1. The minimum absolute atomic E-state index is 0.117. The van der Waals surface area contributed by atoms with Crippen LogP contribution in [0.2, 0.25) is 0 Å². The van der Waals surface area contributed by atoms with E-state index in [0.29, 0.717) is 22.1 Å². The summed E-state index contributed by atoms with van der Waals surface area (Å²) in [4.78, 5) is 39.7. The first-order valence-corrected chi connectivity index (χ1v) is 12.5. The number of carbonyl (C=O) groups excluding carboxylic acids is 1. The number of rotatable bonds is 6. The zero-order chi connectivity index (χ0) is 20.5. The Bertz CT molecular complexity index is 1220. The van der Waals surface area contributed by atoms with E-state index in [-0.39, 0.29) is 16.7 Å². The second kappa shape index (κ2) is 8.39. The number of fused-ring (bicyclic) bond motifs is 1. The van der Waals surface area contributed by atoms with Crippen molar-refractivity contribution in [3.05, 3.63) is 49.5 Å². The van der Waals surface area contributed by atoms with Gasteiger partial charge in [-0.15, -0.1) is 45.8 Å². The fourth-order valence-corrected chi connectivity index (χ4v) is 6.00. The second-order valence-corrected chi connectivity index (χ2v) is 10.8. The molecule has 29 heavy (non-hydrogen) atoms. The lowest BCUT2D eigenvalue weighted by molar-refractivity contribution is -0.115. The highest BCUT2D eigenvalue weighted by molar-refractivity contribution is 7.99. The normalized spacial score (nSPS) is 12.4. The zero-order valence-electron chi connectivity index (χ0n) is 15.9. The fraction of sp³-hybridized carbons (Fsp3) is 0.263. The van der Waals surface area contributed by atoms with Crippen molar-refractivity contribution in [2.75, 3.05) is 5.32 Å². The number of amides is 1. The Labute approximate surface area is 183 Å². The topological polar surface area (TPSA) is 87.7 Å². The van der Waals surface area contributed by atoms with Crippen molar-refractivity contribution in [3.63, 3.8) is 0 Å². The monoisotopic (exact) mass is 462 g/mol. The van der Waals surface area contributed by atoms with Gasteiger partial charge in [-0.25, -0.2) is 9.97 Å². The van der Waals surface area contributed by atoms with E-state index in [1.165, 1.54) is 34.4 Å². The van der Waals surface area contributed by atoms with Crippen molar-refractivity contribution in [2.24, 2.45) is 0 Å². The SMILES string of the molecule is Cc1sc2nc(CSC(C)C(=O)Nc3nc(-c4cccs4)cs3)[nH]c(=O)c2c1C. The number of thiazole rings is 1. The zero-order valence-corrected chi connectivity index (χ0v) is 19.2. The van der Waals surface area contributed by atoms with E-state index in [2.05, 4.69) is 20.3 Å². The van der Waals surface area contributed by atoms with Crippen LogP contribution >= 0.6 is 45.8 Å². The molecule has 4 aromatic rings. The molecule has 0 saturated carbocycles. The molecular formula is C19H18N4O2S4. The highest BCUT2D eigenvalue weighted by Gasteiger charge is 2.17. The predicted octanol–water partition coefficient (Wildman–Crippen LogP) is 5.05. The number of H-pyrrole nitrogens is 1. The Balaban J connectivity index is 1.39. The van der Waals surface area contributed by atoms with Crippen LogP contribution in [0.15, 0.2) is 27.7 Å². The van der Waals surface area contributed by atoms with Crippen molar-refractivity contribution in [3.8, 4) is 10.6 Å². The van der Waals surface area contributed by atoms with Crippen LogP contribution in [0.5, 0.6) is 0 Å². The number of aromatic amines is 1. The van der Waals surface area contributed by atoms with Gasteiger partial charge in [0.05, 0.1) is 27.0 Å². The number of hydrogen-bond acceptors (Lipinski definition) is 8. The lowest BCUT2D eigenvalue weighted by atomic mass is 10.2. The van der Waals surface area contributed by atoms with E-state index in [9.17, 15) is 9.59 Å². The number of aromatic nitrogens is 3. The van der Waals surface area contributed by atoms with Crippen LogP contribution in [0.25, 0.3) is 20.8 Å². The molecule has 0 fully saturated rings. The first-order chi connectivity index (χ1) is 13.9. The highest BCUT2D eigenvalue weighted by atomic mass is 32.2. The largest absolute Gasteiger partial charge is 0.309 e.